The van der Waals surface area contributed by atoms with Crippen LogP contribution in [0, 0.1) is 5.82 Å². The number of nitrogens with one attached hydrogen (secondary N) is 2. The van der Waals surface area contributed by atoms with Crippen LogP contribution in [-0.4, -0.2) is 33.5 Å². The van der Waals surface area contributed by atoms with E-state index in [1.165, 1.54) is 49.4 Å². The van der Waals surface area contributed by atoms with Gasteiger partial charge in [-0.05, 0) is 43.3 Å². The number of carbonyl (C=O) groups excluding carboxylic acids is 1. The molecule has 0 aliphatic carbocycles. The van der Waals surface area contributed by atoms with Gasteiger partial charge in [0.15, 0.2) is 0 Å². The summed E-state index contributed by atoms with van der Waals surface area (Å²) in [5, 5.41) is 2.95. The molecule has 0 unspecified atom stereocenters. The van der Waals surface area contributed by atoms with E-state index in [1.54, 1.807) is 6.07 Å². The Morgan fingerprint density at radius 1 is 1.23 bits per heavy atom. The topological polar surface area (TPSA) is 84.5 Å². The summed E-state index contributed by atoms with van der Waals surface area (Å²) in [6.45, 7) is 1.68. The molecule has 0 bridgehead atoms. The van der Waals surface area contributed by atoms with Gasteiger partial charge in [0.05, 0.1) is 17.5 Å². The number of carbonyl (C=O) groups is 1. The quantitative estimate of drug-likeness (QED) is 0.666. The van der Waals surface area contributed by atoms with Gasteiger partial charge in [-0.2, -0.15) is 4.72 Å². The molecule has 2 N–H and O–H groups in total. The molecule has 2 aromatic carbocycles. The molecule has 0 aliphatic heterocycles. The zero-order valence-electron chi connectivity index (χ0n) is 13.9. The van der Waals surface area contributed by atoms with Crippen LogP contribution < -0.4 is 14.8 Å². The van der Waals surface area contributed by atoms with Gasteiger partial charge >= 0.3 is 0 Å². The Hall–Kier alpha value is -2.16. The molecule has 0 radical (unpaired) electrons. The third-order valence-corrected chi connectivity index (χ3v) is 5.12. The van der Waals surface area contributed by atoms with Crippen molar-refractivity contribution in [3.63, 3.8) is 0 Å². The van der Waals surface area contributed by atoms with Gasteiger partial charge in [-0.1, -0.05) is 17.7 Å². The first-order valence-electron chi connectivity index (χ1n) is 7.72. The molecule has 0 saturated carbocycles. The lowest BCUT2D eigenvalue weighted by Crippen LogP contribution is -2.45. The van der Waals surface area contributed by atoms with Crippen molar-refractivity contribution in [2.24, 2.45) is 0 Å². The van der Waals surface area contributed by atoms with E-state index in [0.29, 0.717) is 10.8 Å². The van der Waals surface area contributed by atoms with Crippen LogP contribution in [-0.2, 0) is 14.8 Å². The SMILES string of the molecule is C[C@H](NS(=O)(=O)c1ccc(Cl)cc1)C(=O)NCCOc1cccc(F)c1. The maximum Gasteiger partial charge on any atom is 0.241 e. The first-order valence-corrected chi connectivity index (χ1v) is 9.58. The van der Waals surface area contributed by atoms with Crippen molar-refractivity contribution in [1.29, 1.82) is 0 Å². The summed E-state index contributed by atoms with van der Waals surface area (Å²) in [5.41, 5.74) is 0. The van der Waals surface area contributed by atoms with Crippen LogP contribution in [0.5, 0.6) is 5.75 Å². The van der Waals surface area contributed by atoms with Crippen molar-refractivity contribution in [1.82, 2.24) is 10.0 Å². The number of amides is 1. The monoisotopic (exact) mass is 400 g/mol. The number of hydrogen-bond acceptors (Lipinski definition) is 4. The molecule has 0 spiro atoms. The minimum Gasteiger partial charge on any atom is -0.492 e. The smallest absolute Gasteiger partial charge is 0.241 e. The van der Waals surface area contributed by atoms with E-state index in [2.05, 4.69) is 10.0 Å². The second kappa shape index (κ2) is 8.98. The largest absolute Gasteiger partial charge is 0.492 e. The van der Waals surface area contributed by atoms with E-state index in [1.807, 2.05) is 0 Å². The highest BCUT2D eigenvalue weighted by atomic mass is 35.5. The highest BCUT2D eigenvalue weighted by Gasteiger charge is 2.21. The molecule has 140 valence electrons. The maximum atomic E-state index is 13.0. The second-order valence-corrected chi connectivity index (χ2v) is 7.54. The van der Waals surface area contributed by atoms with Gasteiger partial charge in [-0.15, -0.1) is 0 Å². The van der Waals surface area contributed by atoms with Crippen LogP contribution >= 0.6 is 11.6 Å². The van der Waals surface area contributed by atoms with Crippen LogP contribution in [0.2, 0.25) is 5.02 Å². The van der Waals surface area contributed by atoms with Gasteiger partial charge in [0, 0.05) is 11.1 Å². The Balaban J connectivity index is 1.80. The first-order chi connectivity index (χ1) is 12.3. The fourth-order valence-corrected chi connectivity index (χ4v) is 3.35. The van der Waals surface area contributed by atoms with Crippen molar-refractivity contribution in [2.45, 2.75) is 17.9 Å². The Kier molecular flexibility index (Phi) is 6.96. The predicted molar refractivity (Wildman–Crippen MR) is 96.1 cm³/mol. The lowest BCUT2D eigenvalue weighted by molar-refractivity contribution is -0.122. The molecule has 0 aromatic heterocycles. The molecule has 0 heterocycles. The van der Waals surface area contributed by atoms with E-state index >= 15 is 0 Å². The van der Waals surface area contributed by atoms with Crippen LogP contribution in [0.4, 0.5) is 4.39 Å². The van der Waals surface area contributed by atoms with Gasteiger partial charge in [0.1, 0.15) is 18.2 Å². The van der Waals surface area contributed by atoms with Crippen molar-refractivity contribution in [3.05, 3.63) is 59.4 Å². The van der Waals surface area contributed by atoms with Gasteiger partial charge in [0.25, 0.3) is 0 Å². The van der Waals surface area contributed by atoms with Crippen molar-refractivity contribution < 1.29 is 22.3 Å². The molecular weight excluding hydrogens is 383 g/mol. The summed E-state index contributed by atoms with van der Waals surface area (Å²) >= 11 is 5.73. The third kappa shape index (κ3) is 5.98. The number of halogens is 2. The fraction of sp³-hybridized carbons (Fsp3) is 0.235. The number of hydrogen-bond donors (Lipinski definition) is 2. The normalized spacial score (nSPS) is 12.4. The van der Waals surface area contributed by atoms with Gasteiger partial charge in [0.2, 0.25) is 15.9 Å². The molecule has 0 aliphatic rings. The number of ether oxygens (including phenoxy) is 1. The lowest BCUT2D eigenvalue weighted by Gasteiger charge is -2.15. The molecule has 26 heavy (non-hydrogen) atoms. The summed E-state index contributed by atoms with van der Waals surface area (Å²) in [7, 11) is -3.84. The number of rotatable bonds is 8. The predicted octanol–water partition coefficient (Wildman–Crippen LogP) is 2.34. The van der Waals surface area contributed by atoms with E-state index in [9.17, 15) is 17.6 Å². The molecule has 1 atom stereocenters. The summed E-state index contributed by atoms with van der Waals surface area (Å²) in [5.74, 6) is -0.585. The number of benzene rings is 2. The van der Waals surface area contributed by atoms with Crippen LogP contribution in [0.25, 0.3) is 0 Å². The van der Waals surface area contributed by atoms with Crippen molar-refractivity contribution in [2.75, 3.05) is 13.2 Å². The fourth-order valence-electron chi connectivity index (χ4n) is 2.02. The minimum absolute atomic E-state index is 0.0102. The van der Waals surface area contributed by atoms with E-state index in [-0.39, 0.29) is 18.0 Å². The first kappa shape index (κ1) is 20.2. The summed E-state index contributed by atoms with van der Waals surface area (Å²) in [6, 6.07) is 10.2. The molecular formula is C17H18ClFN2O4S. The average Bonchev–Trinajstić information content (AvgIpc) is 2.58. The van der Waals surface area contributed by atoms with Crippen LogP contribution in [0.3, 0.4) is 0 Å². The minimum atomic E-state index is -3.84. The molecule has 0 saturated heterocycles. The number of sulfonamides is 1. The van der Waals surface area contributed by atoms with Crippen LogP contribution in [0.15, 0.2) is 53.4 Å². The van der Waals surface area contributed by atoms with Crippen LogP contribution in [0.1, 0.15) is 6.92 Å². The Bertz CT molecular complexity index is 859. The zero-order chi connectivity index (χ0) is 19.2. The summed E-state index contributed by atoms with van der Waals surface area (Å²) in [6.07, 6.45) is 0. The average molecular weight is 401 g/mol. The molecule has 9 heteroatoms. The highest BCUT2D eigenvalue weighted by Crippen LogP contribution is 2.14. The van der Waals surface area contributed by atoms with Gasteiger partial charge in [-0.3, -0.25) is 4.79 Å². The summed E-state index contributed by atoms with van der Waals surface area (Å²) < 4.78 is 45.0. The molecule has 2 rings (SSSR count). The third-order valence-electron chi connectivity index (χ3n) is 3.32. The van der Waals surface area contributed by atoms with E-state index in [4.69, 9.17) is 16.3 Å². The highest BCUT2D eigenvalue weighted by molar-refractivity contribution is 7.89. The van der Waals surface area contributed by atoms with Crippen molar-refractivity contribution >= 4 is 27.5 Å². The molecule has 6 nitrogen and oxygen atoms in total. The summed E-state index contributed by atoms with van der Waals surface area (Å²) in [4.78, 5) is 12.0. The Morgan fingerprint density at radius 3 is 2.58 bits per heavy atom. The lowest BCUT2D eigenvalue weighted by atomic mass is 10.3. The Morgan fingerprint density at radius 2 is 1.92 bits per heavy atom. The maximum absolute atomic E-state index is 13.0. The van der Waals surface area contributed by atoms with Crippen molar-refractivity contribution in [3.8, 4) is 5.75 Å². The van der Waals surface area contributed by atoms with Gasteiger partial charge in [-0.25, -0.2) is 12.8 Å². The van der Waals surface area contributed by atoms with Gasteiger partial charge < -0.3 is 10.1 Å². The Labute approximate surface area is 156 Å². The zero-order valence-corrected chi connectivity index (χ0v) is 15.5. The standard InChI is InChI=1S/C17H18ClFN2O4S/c1-12(21-26(23,24)16-7-5-13(18)6-8-16)17(22)20-9-10-25-15-4-2-3-14(19)11-15/h2-8,11-12,21H,9-10H2,1H3,(H,20,22)/t12-/m0/s1. The second-order valence-electron chi connectivity index (χ2n) is 5.39. The molecule has 0 fully saturated rings. The van der Waals surface area contributed by atoms with E-state index < -0.39 is 27.8 Å². The molecule has 1 amide bonds. The molecule has 2 aromatic rings. The van der Waals surface area contributed by atoms with E-state index in [0.717, 1.165) is 0 Å².